The summed E-state index contributed by atoms with van der Waals surface area (Å²) in [6.45, 7) is 6.27. The Labute approximate surface area is 438 Å². The first kappa shape index (κ1) is 53.3. The summed E-state index contributed by atoms with van der Waals surface area (Å²) in [6, 6.07) is 19.6. The molecule has 1 aliphatic carbocycles. The van der Waals surface area contributed by atoms with E-state index >= 15 is 0 Å². The van der Waals surface area contributed by atoms with Crippen LogP contribution in [0.15, 0.2) is 97.5 Å². The number of nitrogens with two attached hydrogens (primary N) is 1. The fourth-order valence-corrected chi connectivity index (χ4v) is 9.05. The van der Waals surface area contributed by atoms with E-state index in [4.69, 9.17) is 20.4 Å². The molecule has 8 amide bonds. The van der Waals surface area contributed by atoms with Crippen LogP contribution in [0.4, 0.5) is 21.0 Å². The number of hydrogen-bond acceptors (Lipinski definition) is 13. The number of rotatable bonds is 24. The van der Waals surface area contributed by atoms with Crippen molar-refractivity contribution in [3.63, 3.8) is 0 Å². The molecule has 2 aliphatic rings. The number of aromatic amines is 1. The zero-order chi connectivity index (χ0) is 53.7. The number of pyridine rings is 2. The molecule has 6 aromatic rings. The maximum atomic E-state index is 13.7. The highest BCUT2D eigenvalue weighted by molar-refractivity contribution is 6.12. The minimum absolute atomic E-state index is 0.0364. The summed E-state index contributed by atoms with van der Waals surface area (Å²) in [5, 5.41) is 21.7. The second-order valence-electron chi connectivity index (χ2n) is 19.1. The third-order valence-corrected chi connectivity index (χ3v) is 13.1. The van der Waals surface area contributed by atoms with Crippen LogP contribution < -0.4 is 37.6 Å². The molecule has 0 saturated heterocycles. The van der Waals surface area contributed by atoms with Crippen molar-refractivity contribution in [3.05, 3.63) is 126 Å². The Kier molecular flexibility index (Phi) is 17.4. The number of alkyl carbamates (subject to hydrolysis) is 1. The highest BCUT2D eigenvalue weighted by Gasteiger charge is 2.30. The lowest BCUT2D eigenvalue weighted by atomic mass is 10.0. The number of imidazole rings is 1. The molecule has 0 spiro atoms. The van der Waals surface area contributed by atoms with Crippen molar-refractivity contribution < 1.29 is 38.3 Å². The monoisotopic (exact) mass is 1030 g/mol. The molecule has 0 fully saturated rings. The second-order valence-corrected chi connectivity index (χ2v) is 19.1. The smallest absolute Gasteiger partial charge is 0.407 e. The predicted molar refractivity (Wildman–Crippen MR) is 282 cm³/mol. The number of imide groups is 1. The maximum absolute atomic E-state index is 13.7. The van der Waals surface area contributed by atoms with E-state index in [1.807, 2.05) is 55.6 Å². The lowest BCUT2D eigenvalue weighted by molar-refractivity contribution is -0.137. The Balaban J connectivity index is 0.817. The van der Waals surface area contributed by atoms with Gasteiger partial charge in [0.25, 0.3) is 11.8 Å². The van der Waals surface area contributed by atoms with Crippen LogP contribution in [0.1, 0.15) is 93.0 Å². The number of fused-ring (bicyclic) bond motifs is 2. The molecular formula is C54H62N14O8. The number of hydrogen-bond donors (Lipinski definition) is 8. The minimum atomic E-state index is -1.04. The minimum Gasteiger partial charge on any atom is -0.445 e. The molecule has 0 radical (unpaired) electrons. The first-order valence-electron chi connectivity index (χ1n) is 25.4. The Hall–Kier alpha value is -8.95. The van der Waals surface area contributed by atoms with E-state index in [-0.39, 0.29) is 62.2 Å². The van der Waals surface area contributed by atoms with Crippen molar-refractivity contribution in [3.8, 4) is 22.6 Å². The van der Waals surface area contributed by atoms with Crippen LogP contribution in [0.2, 0.25) is 0 Å². The predicted octanol–water partition coefficient (Wildman–Crippen LogP) is 5.51. The lowest BCUT2D eigenvalue weighted by Gasteiger charge is -2.25. The van der Waals surface area contributed by atoms with Crippen molar-refractivity contribution in [2.24, 2.45) is 11.7 Å². The Bertz CT molecular complexity index is 3110. The van der Waals surface area contributed by atoms with Crippen molar-refractivity contribution in [1.29, 1.82) is 0 Å². The van der Waals surface area contributed by atoms with Crippen LogP contribution in [0.5, 0.6) is 0 Å². The molecule has 2 unspecified atom stereocenters. The summed E-state index contributed by atoms with van der Waals surface area (Å²) in [7, 11) is 0. The molecule has 9 N–H and O–H groups in total. The van der Waals surface area contributed by atoms with Gasteiger partial charge >= 0.3 is 12.1 Å². The first-order valence-corrected chi connectivity index (χ1v) is 25.4. The molecule has 5 heterocycles. The number of primary amides is 1. The molecule has 76 heavy (non-hydrogen) atoms. The number of aromatic nitrogens is 6. The molecule has 1 aliphatic heterocycles. The van der Waals surface area contributed by atoms with E-state index in [2.05, 4.69) is 53.0 Å². The molecule has 22 heteroatoms. The molecule has 22 nitrogen and oxygen atoms in total. The summed E-state index contributed by atoms with van der Waals surface area (Å²) in [5.41, 5.74) is 14.0. The highest BCUT2D eigenvalue weighted by atomic mass is 16.5. The zero-order valence-electron chi connectivity index (χ0n) is 42.6. The van der Waals surface area contributed by atoms with Gasteiger partial charge in [-0.25, -0.2) is 24.1 Å². The first-order chi connectivity index (χ1) is 36.7. The van der Waals surface area contributed by atoms with Gasteiger partial charge in [-0.2, -0.15) is 5.10 Å². The van der Waals surface area contributed by atoms with Crippen molar-refractivity contribution in [2.45, 2.75) is 103 Å². The quantitative estimate of drug-likeness (QED) is 0.0274. The van der Waals surface area contributed by atoms with Gasteiger partial charge in [-0.05, 0) is 117 Å². The van der Waals surface area contributed by atoms with Gasteiger partial charge in [0.1, 0.15) is 30.8 Å². The fraction of sp³-hybridized carbons (Fsp3) is 0.352. The van der Waals surface area contributed by atoms with Crippen LogP contribution in [0.3, 0.4) is 0 Å². The second kappa shape index (κ2) is 24.9. The molecule has 0 saturated carbocycles. The van der Waals surface area contributed by atoms with Gasteiger partial charge in [-0.3, -0.25) is 33.9 Å². The summed E-state index contributed by atoms with van der Waals surface area (Å²) in [5.74, 6) is -1.77. The molecule has 3 atom stereocenters. The van der Waals surface area contributed by atoms with Gasteiger partial charge in [0.2, 0.25) is 17.7 Å². The Morgan fingerprint density at radius 1 is 0.882 bits per heavy atom. The van der Waals surface area contributed by atoms with E-state index in [1.54, 1.807) is 42.6 Å². The summed E-state index contributed by atoms with van der Waals surface area (Å²) < 4.78 is 7.34. The standard InChI is InChI=1S/C54H62N14O8/c1-32(2)48(66-45(69)12-5-4-6-26-67-46(70)23-24-47(67)71)52(73)62-42(11-8-25-56-53(55)74)51(72)61-37-18-13-34(14-19-37)30-76-54(75)63-40-21-16-35-15-20-38(27-39(35)40)57-28-43-64-49(36-17-22-44-58-31-59-68(44)29-36)50(65-43)41-10-7-9-33(3)60-41/h7,9-10,13-15,17-20,22-24,27,29,31-32,40,42,48,57H,4-6,8,11-12,16,21,25-26,28,30H2,1-3H3,(H,61,72)(H,62,73)(H,63,75)(H,64,65)(H,66,69)(H3,55,56,74)/t40?,42-,48?/m0/s1. The number of amides is 8. The molecule has 0 bridgehead atoms. The SMILES string of the molecule is Cc1cccc(-c2[nH]c(CNc3ccc4c(c3)C(NC(=O)OCc3ccc(NC(=O)[C@H](CCCNC(N)=O)NC(=O)C(NC(=O)CCCCCN5C(=O)C=CC5=O)C(C)C)cc3)CC4)nc2-c2ccc3ncnn3c2)n1. The average molecular weight is 1040 g/mol. The molecule has 8 rings (SSSR count). The maximum Gasteiger partial charge on any atom is 0.407 e. The van der Waals surface area contributed by atoms with Gasteiger partial charge < -0.3 is 47.4 Å². The normalized spacial score (nSPS) is 14.6. The number of nitrogens with zero attached hydrogens (tertiary/aromatic N) is 6. The molecular weight excluding hydrogens is 973 g/mol. The van der Waals surface area contributed by atoms with E-state index < -0.39 is 36.0 Å². The third kappa shape index (κ3) is 14.0. The highest BCUT2D eigenvalue weighted by Crippen LogP contribution is 2.34. The number of aryl methyl sites for hydroxylation is 2. The fourth-order valence-electron chi connectivity index (χ4n) is 9.05. The summed E-state index contributed by atoms with van der Waals surface area (Å²) in [4.78, 5) is 107. The van der Waals surface area contributed by atoms with Crippen molar-refractivity contribution >= 4 is 58.7 Å². The zero-order valence-corrected chi connectivity index (χ0v) is 42.6. The van der Waals surface area contributed by atoms with Gasteiger partial charge in [0.15, 0.2) is 5.65 Å². The number of carbonyl (C=O) groups is 7. The number of carbonyl (C=O) groups excluding carboxylic acids is 7. The largest absolute Gasteiger partial charge is 0.445 e. The molecule has 2 aromatic carbocycles. The Morgan fingerprint density at radius 3 is 2.43 bits per heavy atom. The number of H-pyrrole nitrogens is 1. The van der Waals surface area contributed by atoms with E-state index in [1.165, 1.54) is 18.5 Å². The van der Waals surface area contributed by atoms with Gasteiger partial charge in [0.05, 0.1) is 29.7 Å². The number of unbranched alkanes of at least 4 members (excludes halogenated alkanes) is 2. The number of urea groups is 1. The topological polar surface area (TPSA) is 302 Å². The van der Waals surface area contributed by atoms with Crippen molar-refractivity contribution in [2.75, 3.05) is 23.7 Å². The number of anilines is 2. The van der Waals surface area contributed by atoms with Crippen molar-refractivity contribution in [1.82, 2.24) is 55.7 Å². The summed E-state index contributed by atoms with van der Waals surface area (Å²) >= 11 is 0. The molecule has 4 aromatic heterocycles. The van der Waals surface area contributed by atoms with E-state index in [9.17, 15) is 33.6 Å². The number of ether oxygens (including phenoxy) is 1. The molecule has 396 valence electrons. The third-order valence-electron chi connectivity index (χ3n) is 13.1. The lowest BCUT2D eigenvalue weighted by Crippen LogP contribution is -2.54. The number of nitrogens with one attached hydrogen (secondary N) is 7. The van der Waals surface area contributed by atoms with Crippen LogP contribution in [-0.2, 0) is 48.3 Å². The Morgan fingerprint density at radius 2 is 1.67 bits per heavy atom. The van der Waals surface area contributed by atoms with E-state index in [0.29, 0.717) is 55.7 Å². The van der Waals surface area contributed by atoms with Gasteiger partial charge in [-0.15, -0.1) is 0 Å². The van der Waals surface area contributed by atoms with Gasteiger partial charge in [0, 0.05) is 60.5 Å². The number of benzene rings is 2. The van der Waals surface area contributed by atoms with E-state index in [0.717, 1.165) is 62.1 Å². The van der Waals surface area contributed by atoms with Crippen LogP contribution in [0.25, 0.3) is 28.3 Å². The van der Waals surface area contributed by atoms with Crippen LogP contribution >= 0.6 is 0 Å². The average Bonchev–Trinajstić information content (AvgIpc) is 4.24. The van der Waals surface area contributed by atoms with Gasteiger partial charge in [-0.1, -0.05) is 44.5 Å². The van der Waals surface area contributed by atoms with Crippen LogP contribution in [0, 0.1) is 12.8 Å². The van der Waals surface area contributed by atoms with Crippen LogP contribution in [-0.4, -0.2) is 101 Å². The summed E-state index contributed by atoms with van der Waals surface area (Å²) in [6.07, 6.45) is 8.93.